The third-order valence-corrected chi connectivity index (χ3v) is 2.45. The van der Waals surface area contributed by atoms with E-state index < -0.39 is 0 Å². The second kappa shape index (κ2) is 3.31. The number of carbonyl (C=O) groups excluding carboxylic acids is 1. The van der Waals surface area contributed by atoms with E-state index in [2.05, 4.69) is 5.32 Å². The summed E-state index contributed by atoms with van der Waals surface area (Å²) >= 11 is 0. The van der Waals surface area contributed by atoms with Crippen LogP contribution in [0.15, 0.2) is 18.2 Å². The monoisotopic (exact) mass is 192 g/mol. The molecule has 1 heterocycles. The van der Waals surface area contributed by atoms with Gasteiger partial charge in [0.15, 0.2) is 0 Å². The quantitative estimate of drug-likeness (QED) is 0.563. The number of hydrogen-bond acceptors (Lipinski definition) is 3. The van der Waals surface area contributed by atoms with Crippen molar-refractivity contribution in [3.05, 3.63) is 23.8 Å². The van der Waals surface area contributed by atoms with Crippen molar-refractivity contribution in [1.82, 2.24) is 0 Å². The lowest BCUT2D eigenvalue weighted by atomic mass is 9.94. The van der Waals surface area contributed by atoms with Crippen molar-refractivity contribution in [1.29, 1.82) is 0 Å². The lowest BCUT2D eigenvalue weighted by Gasteiger charge is -2.23. The van der Waals surface area contributed by atoms with E-state index in [1.807, 2.05) is 6.07 Å². The van der Waals surface area contributed by atoms with Crippen LogP contribution in [0.3, 0.4) is 0 Å². The second-order valence-corrected chi connectivity index (χ2v) is 3.49. The minimum atomic E-state index is -0.328. The van der Waals surface area contributed by atoms with Gasteiger partial charge >= 0.3 is 0 Å². The van der Waals surface area contributed by atoms with Crippen LogP contribution >= 0.6 is 0 Å². The summed E-state index contributed by atoms with van der Waals surface area (Å²) in [5, 5.41) is 11.7. The molecule has 0 bridgehead atoms. The van der Waals surface area contributed by atoms with E-state index in [9.17, 15) is 4.79 Å². The molecule has 0 radical (unpaired) electrons. The van der Waals surface area contributed by atoms with Crippen LogP contribution in [-0.4, -0.2) is 17.6 Å². The van der Waals surface area contributed by atoms with Crippen molar-refractivity contribution in [2.24, 2.45) is 5.92 Å². The van der Waals surface area contributed by atoms with Gasteiger partial charge in [-0.15, -0.1) is 0 Å². The Kier molecular flexibility index (Phi) is 2.13. The highest BCUT2D eigenvalue weighted by Crippen LogP contribution is 2.27. The van der Waals surface area contributed by atoms with Gasteiger partial charge in [0.1, 0.15) is 0 Å². The normalized spacial score (nSPS) is 20.1. The molecule has 0 aromatic heterocycles. The molecule has 0 fully saturated rings. The predicted molar refractivity (Wildman–Crippen MR) is 53.8 cm³/mol. The van der Waals surface area contributed by atoms with Crippen LogP contribution in [-0.2, 0) is 11.2 Å². The summed E-state index contributed by atoms with van der Waals surface area (Å²) in [4.78, 5) is 11.4. The van der Waals surface area contributed by atoms with Crippen molar-refractivity contribution in [2.45, 2.75) is 6.42 Å². The lowest BCUT2D eigenvalue weighted by molar-refractivity contribution is -0.121. The van der Waals surface area contributed by atoms with Gasteiger partial charge in [-0.1, -0.05) is 6.07 Å². The number of hydrogen-bond donors (Lipinski definition) is 3. The average Bonchev–Trinajstić information content (AvgIpc) is 2.16. The molecule has 1 aromatic rings. The maximum absolute atomic E-state index is 11.4. The molecule has 1 aliphatic rings. The second-order valence-electron chi connectivity index (χ2n) is 3.49. The molecule has 4 heteroatoms. The number of aliphatic hydroxyl groups excluding tert-OH is 1. The maximum atomic E-state index is 11.4. The van der Waals surface area contributed by atoms with Gasteiger partial charge in [-0.25, -0.2) is 0 Å². The number of nitrogen functional groups attached to an aromatic ring is 1. The smallest absolute Gasteiger partial charge is 0.230 e. The Morgan fingerprint density at radius 2 is 2.36 bits per heavy atom. The largest absolute Gasteiger partial charge is 0.399 e. The van der Waals surface area contributed by atoms with Crippen molar-refractivity contribution in [2.75, 3.05) is 17.7 Å². The van der Waals surface area contributed by atoms with Gasteiger partial charge in [-0.05, 0) is 24.1 Å². The highest BCUT2D eigenvalue weighted by Gasteiger charge is 2.25. The first-order valence-electron chi connectivity index (χ1n) is 4.51. The number of fused-ring (bicyclic) bond motifs is 1. The van der Waals surface area contributed by atoms with Crippen LogP contribution < -0.4 is 11.1 Å². The minimum Gasteiger partial charge on any atom is -0.399 e. The van der Waals surface area contributed by atoms with Crippen LogP contribution in [0, 0.1) is 5.92 Å². The molecule has 1 aromatic carbocycles. The first-order chi connectivity index (χ1) is 6.70. The molecule has 0 spiro atoms. The van der Waals surface area contributed by atoms with Crippen LogP contribution in [0.2, 0.25) is 0 Å². The zero-order valence-corrected chi connectivity index (χ0v) is 7.66. The fraction of sp³-hybridized carbons (Fsp3) is 0.300. The van der Waals surface area contributed by atoms with Crippen LogP contribution in [0.25, 0.3) is 0 Å². The number of rotatable bonds is 1. The predicted octanol–water partition coefficient (Wildman–Crippen LogP) is 0.372. The molecular weight excluding hydrogens is 180 g/mol. The molecule has 1 atom stereocenters. The lowest BCUT2D eigenvalue weighted by Crippen LogP contribution is -2.32. The first kappa shape index (κ1) is 9.02. The summed E-state index contributed by atoms with van der Waals surface area (Å²) in [7, 11) is 0. The number of nitrogens with one attached hydrogen (secondary N) is 1. The summed E-state index contributed by atoms with van der Waals surface area (Å²) in [5.41, 5.74) is 8.01. The molecule has 0 saturated heterocycles. The van der Waals surface area contributed by atoms with Crippen molar-refractivity contribution < 1.29 is 9.90 Å². The van der Waals surface area contributed by atoms with Gasteiger partial charge < -0.3 is 16.2 Å². The molecule has 4 nitrogen and oxygen atoms in total. The van der Waals surface area contributed by atoms with E-state index >= 15 is 0 Å². The number of benzene rings is 1. The Morgan fingerprint density at radius 3 is 3.07 bits per heavy atom. The average molecular weight is 192 g/mol. The van der Waals surface area contributed by atoms with Crippen LogP contribution in [0.4, 0.5) is 11.4 Å². The molecule has 1 unspecified atom stereocenters. The summed E-state index contributed by atoms with van der Waals surface area (Å²) in [6, 6.07) is 5.42. The van der Waals surface area contributed by atoms with E-state index in [-0.39, 0.29) is 18.4 Å². The highest BCUT2D eigenvalue weighted by atomic mass is 16.3. The van der Waals surface area contributed by atoms with Gasteiger partial charge in [-0.2, -0.15) is 0 Å². The topological polar surface area (TPSA) is 75.3 Å². The molecule has 2 rings (SSSR count). The minimum absolute atomic E-state index is 0.115. The molecular formula is C10H12N2O2. The van der Waals surface area contributed by atoms with E-state index in [4.69, 9.17) is 10.8 Å². The molecule has 14 heavy (non-hydrogen) atoms. The standard InChI is InChI=1S/C10H12N2O2/c11-8-2-1-6-3-7(5-13)10(14)12-9(6)4-8/h1-2,4,7,13H,3,5,11H2,(H,12,14). The van der Waals surface area contributed by atoms with E-state index in [1.165, 1.54) is 0 Å². The number of nitrogens with two attached hydrogens (primary N) is 1. The fourth-order valence-electron chi connectivity index (χ4n) is 1.63. The zero-order chi connectivity index (χ0) is 10.1. The molecule has 0 saturated carbocycles. The zero-order valence-electron chi connectivity index (χ0n) is 7.66. The van der Waals surface area contributed by atoms with Gasteiger partial charge in [0, 0.05) is 11.4 Å². The summed E-state index contributed by atoms with van der Waals surface area (Å²) in [5.74, 6) is -0.461. The van der Waals surface area contributed by atoms with Gasteiger partial charge in [-0.3, -0.25) is 4.79 Å². The third-order valence-electron chi connectivity index (χ3n) is 2.45. The number of carbonyl (C=O) groups is 1. The van der Waals surface area contributed by atoms with Gasteiger partial charge in [0.25, 0.3) is 0 Å². The van der Waals surface area contributed by atoms with Crippen LogP contribution in [0.5, 0.6) is 0 Å². The number of amides is 1. The van der Waals surface area contributed by atoms with Crippen molar-refractivity contribution >= 4 is 17.3 Å². The Bertz CT molecular complexity index is 376. The number of anilines is 2. The van der Waals surface area contributed by atoms with Crippen molar-refractivity contribution in [3.63, 3.8) is 0 Å². The fourth-order valence-corrected chi connectivity index (χ4v) is 1.63. The summed E-state index contributed by atoms with van der Waals surface area (Å²) < 4.78 is 0. The number of aliphatic hydroxyl groups is 1. The molecule has 1 aliphatic heterocycles. The van der Waals surface area contributed by atoms with Crippen LogP contribution in [0.1, 0.15) is 5.56 Å². The van der Waals surface area contributed by atoms with Gasteiger partial charge in [0.2, 0.25) is 5.91 Å². The Morgan fingerprint density at radius 1 is 1.57 bits per heavy atom. The SMILES string of the molecule is Nc1ccc2c(c1)NC(=O)C(CO)C2. The van der Waals surface area contributed by atoms with E-state index in [0.717, 1.165) is 11.3 Å². The first-order valence-corrected chi connectivity index (χ1v) is 4.51. The van der Waals surface area contributed by atoms with Crippen molar-refractivity contribution in [3.8, 4) is 0 Å². The Hall–Kier alpha value is -1.55. The molecule has 1 amide bonds. The summed E-state index contributed by atoms with van der Waals surface area (Å²) in [6.45, 7) is -0.115. The third kappa shape index (κ3) is 1.44. The van der Waals surface area contributed by atoms with E-state index in [0.29, 0.717) is 12.1 Å². The molecule has 0 aliphatic carbocycles. The Balaban J connectivity index is 2.35. The summed E-state index contributed by atoms with van der Waals surface area (Å²) in [6.07, 6.45) is 0.581. The molecule has 4 N–H and O–H groups in total. The highest BCUT2D eigenvalue weighted by molar-refractivity contribution is 5.96. The van der Waals surface area contributed by atoms with E-state index in [1.54, 1.807) is 12.1 Å². The van der Waals surface area contributed by atoms with Gasteiger partial charge in [0.05, 0.1) is 12.5 Å². The molecule has 74 valence electrons. The maximum Gasteiger partial charge on any atom is 0.230 e. The Labute approximate surface area is 81.7 Å².